The van der Waals surface area contributed by atoms with Crippen molar-refractivity contribution in [2.24, 2.45) is 11.7 Å². The number of rotatable bonds is 7. The molecule has 3 rings (SSSR count). The first-order chi connectivity index (χ1) is 16.8. The number of nitrogens with zero attached hydrogens (tertiary/aromatic N) is 1. The monoisotopic (exact) mass is 518 g/mol. The quantitative estimate of drug-likeness (QED) is 0.377. The predicted octanol–water partition coefficient (Wildman–Crippen LogP) is 5.67. The van der Waals surface area contributed by atoms with Crippen LogP contribution >= 0.6 is 0 Å². The molecule has 0 saturated heterocycles. The molecule has 2 aromatic rings. The Morgan fingerprint density at radius 2 is 1.25 bits per heavy atom. The minimum Gasteiger partial charge on any atom is -0.406 e. The average Bonchev–Trinajstić information content (AvgIpc) is 2.78. The lowest BCUT2D eigenvalue weighted by Gasteiger charge is -2.29. The van der Waals surface area contributed by atoms with Gasteiger partial charge in [-0.1, -0.05) is 12.8 Å². The van der Waals surface area contributed by atoms with Gasteiger partial charge in [0.05, 0.1) is 0 Å². The van der Waals surface area contributed by atoms with E-state index in [9.17, 15) is 35.9 Å². The fourth-order valence-corrected chi connectivity index (χ4v) is 4.11. The number of benzene rings is 2. The van der Waals surface area contributed by atoms with Crippen LogP contribution in [0.15, 0.2) is 48.5 Å². The molecule has 6 nitrogen and oxygen atoms in total. The van der Waals surface area contributed by atoms with Crippen LogP contribution in [-0.2, 0) is 0 Å². The van der Waals surface area contributed by atoms with Gasteiger partial charge in [-0.25, -0.2) is 0 Å². The van der Waals surface area contributed by atoms with E-state index >= 15 is 0 Å². The summed E-state index contributed by atoms with van der Waals surface area (Å²) in [6.45, 7) is -0.00332. The van der Waals surface area contributed by atoms with Crippen LogP contribution in [0.5, 0.6) is 11.5 Å². The maximum Gasteiger partial charge on any atom is 0.573 e. The number of hydrogen-bond donors (Lipinski definition) is 1. The first kappa shape index (κ1) is 27.3. The molecule has 0 spiro atoms. The number of halogens is 6. The number of imide groups is 1. The molecule has 1 aliphatic carbocycles. The van der Waals surface area contributed by atoms with Crippen LogP contribution in [0.25, 0.3) is 0 Å². The van der Waals surface area contributed by atoms with Gasteiger partial charge in [-0.05, 0) is 73.7 Å². The van der Waals surface area contributed by atoms with E-state index in [2.05, 4.69) is 9.47 Å². The second kappa shape index (κ2) is 11.2. The van der Waals surface area contributed by atoms with Crippen LogP contribution in [0.2, 0.25) is 0 Å². The summed E-state index contributed by atoms with van der Waals surface area (Å²) < 4.78 is 82.1. The number of ether oxygens (including phenoxy) is 2. The molecule has 36 heavy (non-hydrogen) atoms. The zero-order valence-corrected chi connectivity index (χ0v) is 18.9. The Morgan fingerprint density at radius 1 is 0.806 bits per heavy atom. The maximum absolute atomic E-state index is 13.2. The molecule has 2 unspecified atom stereocenters. The summed E-state index contributed by atoms with van der Waals surface area (Å²) in [6, 6.07) is 8.21. The van der Waals surface area contributed by atoms with Crippen molar-refractivity contribution in [3.8, 4) is 11.5 Å². The maximum atomic E-state index is 13.2. The Hall–Kier alpha value is -3.28. The van der Waals surface area contributed by atoms with Crippen molar-refractivity contribution < 1.29 is 45.4 Å². The van der Waals surface area contributed by atoms with Gasteiger partial charge in [-0.15, -0.1) is 26.3 Å². The van der Waals surface area contributed by atoms with Crippen molar-refractivity contribution >= 4 is 11.8 Å². The van der Waals surface area contributed by atoms with Crippen molar-refractivity contribution in [2.45, 2.75) is 50.9 Å². The number of hydrogen-bond acceptors (Lipinski definition) is 5. The fraction of sp³-hybridized carbons (Fsp3) is 0.417. The molecule has 2 atom stereocenters. The molecule has 196 valence electrons. The summed E-state index contributed by atoms with van der Waals surface area (Å²) >= 11 is 0. The molecule has 1 fully saturated rings. The zero-order valence-electron chi connectivity index (χ0n) is 18.9. The third-order valence-corrected chi connectivity index (χ3v) is 5.74. The minimum atomic E-state index is -4.91. The van der Waals surface area contributed by atoms with E-state index in [0.717, 1.165) is 79.1 Å². The van der Waals surface area contributed by atoms with Gasteiger partial charge in [-0.3, -0.25) is 14.5 Å². The number of amides is 2. The Balaban J connectivity index is 1.80. The Morgan fingerprint density at radius 3 is 1.64 bits per heavy atom. The number of nitrogens with two attached hydrogens (primary N) is 1. The van der Waals surface area contributed by atoms with Crippen LogP contribution in [0.3, 0.4) is 0 Å². The van der Waals surface area contributed by atoms with E-state index in [-0.39, 0.29) is 29.6 Å². The lowest BCUT2D eigenvalue weighted by Crippen LogP contribution is -2.39. The van der Waals surface area contributed by atoms with Crippen LogP contribution in [0.4, 0.5) is 26.3 Å². The van der Waals surface area contributed by atoms with Crippen molar-refractivity contribution in [3.63, 3.8) is 0 Å². The lowest BCUT2D eigenvalue weighted by molar-refractivity contribution is -0.275. The van der Waals surface area contributed by atoms with Gasteiger partial charge in [0.25, 0.3) is 11.8 Å². The van der Waals surface area contributed by atoms with Crippen molar-refractivity contribution in [1.82, 2.24) is 4.90 Å². The smallest absolute Gasteiger partial charge is 0.406 e. The van der Waals surface area contributed by atoms with Gasteiger partial charge in [-0.2, -0.15) is 0 Å². The van der Waals surface area contributed by atoms with Gasteiger partial charge >= 0.3 is 12.7 Å². The molecular formula is C24H24F6N2O4. The van der Waals surface area contributed by atoms with E-state index in [0.29, 0.717) is 6.42 Å². The van der Waals surface area contributed by atoms with Crippen molar-refractivity contribution in [3.05, 3.63) is 59.7 Å². The third kappa shape index (κ3) is 8.14. The standard InChI is InChI=1S/C24H24F6N2O4/c25-23(26,27)35-19-8-4-16(5-9-19)21(33)32(13-12-15-2-1-3-18(31)14-15)22(34)17-6-10-20(11-7-17)36-24(28,29)30/h4-11,15,18H,1-3,12-14,31H2. The molecular weight excluding hydrogens is 494 g/mol. The summed E-state index contributed by atoms with van der Waals surface area (Å²) in [5, 5.41) is 0. The van der Waals surface area contributed by atoms with Gasteiger partial charge in [0.1, 0.15) is 11.5 Å². The highest BCUT2D eigenvalue weighted by atomic mass is 19.4. The summed E-state index contributed by atoms with van der Waals surface area (Å²) in [6.07, 6.45) is -5.96. The Labute approximate surface area is 203 Å². The molecule has 0 bridgehead atoms. The van der Waals surface area contributed by atoms with E-state index in [1.165, 1.54) is 0 Å². The van der Waals surface area contributed by atoms with E-state index in [1.54, 1.807) is 0 Å². The van der Waals surface area contributed by atoms with Gasteiger partial charge in [0, 0.05) is 23.7 Å². The van der Waals surface area contributed by atoms with Gasteiger partial charge < -0.3 is 15.2 Å². The number of carbonyl (C=O) groups excluding carboxylic acids is 2. The number of carbonyl (C=O) groups is 2. The molecule has 0 aliphatic heterocycles. The first-order valence-corrected chi connectivity index (χ1v) is 11.1. The molecule has 1 saturated carbocycles. The molecule has 12 heteroatoms. The number of alkyl halides is 6. The van der Waals surface area contributed by atoms with Crippen LogP contribution in [0, 0.1) is 5.92 Å². The highest BCUT2D eigenvalue weighted by Crippen LogP contribution is 2.28. The van der Waals surface area contributed by atoms with Gasteiger partial charge in [0.15, 0.2) is 0 Å². The molecule has 1 aliphatic rings. The van der Waals surface area contributed by atoms with Gasteiger partial charge in [0.2, 0.25) is 0 Å². The molecule has 0 aromatic heterocycles. The van der Waals surface area contributed by atoms with Crippen LogP contribution in [-0.4, -0.2) is 42.0 Å². The molecule has 2 N–H and O–H groups in total. The Kier molecular flexibility index (Phi) is 8.49. The first-order valence-electron chi connectivity index (χ1n) is 11.1. The highest BCUT2D eigenvalue weighted by Gasteiger charge is 2.33. The lowest BCUT2D eigenvalue weighted by atomic mass is 9.84. The second-order valence-corrected chi connectivity index (χ2v) is 8.49. The van der Waals surface area contributed by atoms with E-state index < -0.39 is 36.0 Å². The minimum absolute atomic E-state index is 0.00332. The van der Waals surface area contributed by atoms with Crippen LogP contribution in [0.1, 0.15) is 52.8 Å². The average molecular weight is 518 g/mol. The predicted molar refractivity (Wildman–Crippen MR) is 116 cm³/mol. The summed E-state index contributed by atoms with van der Waals surface area (Å²) in [5.41, 5.74) is 5.90. The summed E-state index contributed by atoms with van der Waals surface area (Å²) in [7, 11) is 0. The van der Waals surface area contributed by atoms with E-state index in [1.807, 2.05) is 0 Å². The summed E-state index contributed by atoms with van der Waals surface area (Å²) in [4.78, 5) is 27.3. The molecule has 0 radical (unpaired) electrons. The van der Waals surface area contributed by atoms with Crippen LogP contribution < -0.4 is 15.2 Å². The molecule has 2 amide bonds. The topological polar surface area (TPSA) is 81.9 Å². The zero-order chi connectivity index (χ0) is 26.5. The Bertz CT molecular complexity index is 967. The van der Waals surface area contributed by atoms with Crippen molar-refractivity contribution in [1.29, 1.82) is 0 Å². The highest BCUT2D eigenvalue weighted by molar-refractivity contribution is 6.10. The molecule has 0 heterocycles. The second-order valence-electron chi connectivity index (χ2n) is 8.49. The largest absolute Gasteiger partial charge is 0.573 e. The SMILES string of the molecule is NC1CCCC(CCN(C(=O)c2ccc(OC(F)(F)F)cc2)C(=O)c2ccc(OC(F)(F)F)cc2)C1. The molecule has 2 aromatic carbocycles. The summed E-state index contributed by atoms with van der Waals surface area (Å²) in [5.74, 6) is -2.44. The fourth-order valence-electron chi connectivity index (χ4n) is 4.11. The normalized spacial score (nSPS) is 18.4. The van der Waals surface area contributed by atoms with Crippen molar-refractivity contribution in [2.75, 3.05) is 6.54 Å². The van der Waals surface area contributed by atoms with E-state index in [4.69, 9.17) is 5.73 Å². The third-order valence-electron chi connectivity index (χ3n) is 5.74.